The number of hydrogen-bond acceptors (Lipinski definition) is 2. The molecule has 0 N–H and O–H groups in total. The van der Waals surface area contributed by atoms with E-state index < -0.39 is 0 Å². The first kappa shape index (κ1) is 21.4. The van der Waals surface area contributed by atoms with Crippen molar-refractivity contribution in [2.75, 3.05) is 4.90 Å². The maximum atomic E-state index is 12.1. The molecule has 0 atom stereocenters. The zero-order valence-electron chi connectivity index (χ0n) is 18.8. The largest absolute Gasteiger partial charge is 0.269 e. The van der Waals surface area contributed by atoms with Gasteiger partial charge in [-0.05, 0) is 52.5 Å². The summed E-state index contributed by atoms with van der Waals surface area (Å²) in [7, 11) is 0. The lowest BCUT2D eigenvalue weighted by Gasteiger charge is -2.19. The number of aryl methyl sites for hydroxylation is 1. The lowest BCUT2D eigenvalue weighted by Crippen LogP contribution is -2.29. The number of benzene rings is 4. The van der Waals surface area contributed by atoms with Crippen molar-refractivity contribution < 1.29 is 9.59 Å². The van der Waals surface area contributed by atoms with Crippen molar-refractivity contribution in [2.45, 2.75) is 6.92 Å². The highest BCUT2D eigenvalue weighted by molar-refractivity contribution is 6.28. The van der Waals surface area contributed by atoms with Gasteiger partial charge in [0.25, 0.3) is 11.8 Å². The average Bonchev–Trinajstić information content (AvgIpc) is 3.22. The van der Waals surface area contributed by atoms with E-state index in [1.807, 2.05) is 60.7 Å². The first-order valence-electron chi connectivity index (χ1n) is 11.2. The molecule has 3 heteroatoms. The van der Waals surface area contributed by atoms with Gasteiger partial charge < -0.3 is 0 Å². The normalized spacial score (nSPS) is 13.9. The smallest absolute Gasteiger partial charge is 0.258 e. The van der Waals surface area contributed by atoms with Gasteiger partial charge in [0.05, 0.1) is 5.69 Å². The Morgan fingerprint density at radius 3 is 1.32 bits per heavy atom. The Bertz CT molecular complexity index is 1380. The highest BCUT2D eigenvalue weighted by atomic mass is 16.2. The van der Waals surface area contributed by atoms with Crippen LogP contribution in [0.5, 0.6) is 0 Å². The van der Waals surface area contributed by atoms with E-state index >= 15 is 0 Å². The molecule has 0 saturated heterocycles. The van der Waals surface area contributed by atoms with E-state index in [1.165, 1.54) is 22.6 Å². The first-order valence-corrected chi connectivity index (χ1v) is 11.2. The number of carbonyl (C=O) groups is 2. The Kier molecular flexibility index (Phi) is 5.75. The molecule has 0 bridgehead atoms. The van der Waals surface area contributed by atoms with Crippen LogP contribution in [-0.4, -0.2) is 11.8 Å². The van der Waals surface area contributed by atoms with Crippen LogP contribution in [0.15, 0.2) is 121 Å². The lowest BCUT2D eigenvalue weighted by molar-refractivity contribution is -0.119. The molecule has 4 aromatic rings. The summed E-state index contributed by atoms with van der Waals surface area (Å²) in [6, 6.07) is 36.9. The lowest BCUT2D eigenvalue weighted by atomic mass is 9.85. The van der Waals surface area contributed by atoms with Gasteiger partial charge >= 0.3 is 0 Å². The Hall–Kier alpha value is -4.50. The highest BCUT2D eigenvalue weighted by Gasteiger charge is 2.25. The molecule has 0 aromatic heterocycles. The van der Waals surface area contributed by atoms with Crippen molar-refractivity contribution in [3.63, 3.8) is 0 Å². The van der Waals surface area contributed by atoms with Gasteiger partial charge in [0.2, 0.25) is 0 Å². The van der Waals surface area contributed by atoms with E-state index in [2.05, 4.69) is 55.5 Å². The van der Waals surface area contributed by atoms with Crippen molar-refractivity contribution in [3.8, 4) is 0 Å². The molecule has 2 amide bonds. The second kappa shape index (κ2) is 9.16. The summed E-state index contributed by atoms with van der Waals surface area (Å²) in [5, 5.41) is 0. The molecule has 5 rings (SSSR count). The number of rotatable bonds is 5. The molecule has 0 radical (unpaired) electrons. The summed E-state index contributed by atoms with van der Waals surface area (Å²) in [6.07, 6.45) is 2.60. The predicted molar refractivity (Wildman–Crippen MR) is 137 cm³/mol. The van der Waals surface area contributed by atoms with Crippen LogP contribution < -0.4 is 4.90 Å². The van der Waals surface area contributed by atoms with Gasteiger partial charge in [0.1, 0.15) is 0 Å². The predicted octanol–water partition coefficient (Wildman–Crippen LogP) is 6.43. The monoisotopic (exact) mass is 441 g/mol. The fourth-order valence-corrected chi connectivity index (χ4v) is 4.27. The number of imide groups is 1. The van der Waals surface area contributed by atoms with Crippen LogP contribution in [-0.2, 0) is 9.59 Å². The van der Waals surface area contributed by atoms with Crippen molar-refractivity contribution in [1.82, 2.24) is 0 Å². The van der Waals surface area contributed by atoms with E-state index in [-0.39, 0.29) is 11.8 Å². The third-order valence-electron chi connectivity index (χ3n) is 5.94. The van der Waals surface area contributed by atoms with Gasteiger partial charge in [0.15, 0.2) is 0 Å². The maximum absolute atomic E-state index is 12.1. The minimum absolute atomic E-state index is 0.318. The van der Waals surface area contributed by atoms with Gasteiger partial charge in [-0.15, -0.1) is 0 Å². The second-order valence-electron chi connectivity index (χ2n) is 8.24. The summed E-state index contributed by atoms with van der Waals surface area (Å²) < 4.78 is 0. The molecule has 1 aliphatic rings. The summed E-state index contributed by atoms with van der Waals surface area (Å²) in [4.78, 5) is 25.5. The molecule has 3 nitrogen and oxygen atoms in total. The minimum Gasteiger partial charge on any atom is -0.269 e. The third-order valence-corrected chi connectivity index (χ3v) is 5.94. The molecular formula is C31H23NO2. The van der Waals surface area contributed by atoms with E-state index in [0.717, 1.165) is 33.4 Å². The minimum atomic E-state index is -0.318. The Balaban J connectivity index is 1.74. The van der Waals surface area contributed by atoms with Crippen molar-refractivity contribution in [2.24, 2.45) is 0 Å². The highest BCUT2D eigenvalue weighted by Crippen LogP contribution is 2.37. The Morgan fingerprint density at radius 2 is 0.882 bits per heavy atom. The van der Waals surface area contributed by atoms with Crippen molar-refractivity contribution in [1.29, 1.82) is 0 Å². The molecule has 0 fully saturated rings. The number of carbonyl (C=O) groups excluding carboxylic acids is 2. The maximum Gasteiger partial charge on any atom is 0.258 e. The number of hydrogen-bond donors (Lipinski definition) is 0. The van der Waals surface area contributed by atoms with Gasteiger partial charge in [-0.25, -0.2) is 4.90 Å². The molecule has 34 heavy (non-hydrogen) atoms. The van der Waals surface area contributed by atoms with Crippen LogP contribution in [0.25, 0.3) is 11.1 Å². The Morgan fingerprint density at radius 1 is 0.500 bits per heavy atom. The second-order valence-corrected chi connectivity index (χ2v) is 8.24. The number of amides is 2. The van der Waals surface area contributed by atoms with Crippen LogP contribution in [0.3, 0.4) is 0 Å². The zero-order valence-corrected chi connectivity index (χ0v) is 18.8. The van der Waals surface area contributed by atoms with E-state index in [9.17, 15) is 9.59 Å². The fraction of sp³-hybridized carbons (Fsp3) is 0.0323. The van der Waals surface area contributed by atoms with Gasteiger partial charge in [-0.1, -0.05) is 103 Å². The molecule has 0 aliphatic carbocycles. The molecular weight excluding hydrogens is 418 g/mol. The standard InChI is InChI=1S/C31H23NO2/c1-22-12-14-25(15-13-22)30(23-8-4-2-5-9-23)31(24-10-6-3-7-11-24)26-16-18-27(19-17-26)32-28(33)20-21-29(32)34/h2-21H,1H3. The van der Waals surface area contributed by atoms with Crippen LogP contribution in [0, 0.1) is 6.92 Å². The van der Waals surface area contributed by atoms with Crippen molar-refractivity contribution in [3.05, 3.63) is 149 Å². The topological polar surface area (TPSA) is 37.4 Å². The molecule has 164 valence electrons. The summed E-state index contributed by atoms with van der Waals surface area (Å²) in [5.74, 6) is -0.637. The van der Waals surface area contributed by atoms with E-state index in [4.69, 9.17) is 0 Å². The zero-order chi connectivity index (χ0) is 23.5. The molecule has 1 heterocycles. The van der Waals surface area contributed by atoms with Crippen LogP contribution in [0.2, 0.25) is 0 Å². The van der Waals surface area contributed by atoms with Crippen molar-refractivity contribution >= 4 is 28.6 Å². The summed E-state index contributed by atoms with van der Waals surface area (Å²) >= 11 is 0. The van der Waals surface area contributed by atoms with Gasteiger partial charge in [0, 0.05) is 12.2 Å². The molecule has 0 unspecified atom stereocenters. The Labute approximate surface area is 199 Å². The first-order chi connectivity index (χ1) is 16.6. The van der Waals surface area contributed by atoms with Gasteiger partial charge in [-0.2, -0.15) is 0 Å². The fourth-order valence-electron chi connectivity index (χ4n) is 4.27. The van der Waals surface area contributed by atoms with Crippen LogP contribution in [0.4, 0.5) is 5.69 Å². The van der Waals surface area contributed by atoms with Crippen LogP contribution >= 0.6 is 0 Å². The number of anilines is 1. The quantitative estimate of drug-likeness (QED) is 0.264. The molecule has 0 saturated carbocycles. The molecule has 4 aromatic carbocycles. The third kappa shape index (κ3) is 4.12. The SMILES string of the molecule is Cc1ccc(C(=C(c2ccccc2)c2ccc(N3C(=O)C=CC3=O)cc2)c2ccccc2)cc1. The van der Waals surface area contributed by atoms with E-state index in [0.29, 0.717) is 5.69 Å². The molecule has 0 spiro atoms. The summed E-state index contributed by atoms with van der Waals surface area (Å²) in [6.45, 7) is 2.09. The number of nitrogens with zero attached hydrogens (tertiary/aromatic N) is 1. The van der Waals surface area contributed by atoms with Crippen LogP contribution in [0.1, 0.15) is 27.8 Å². The summed E-state index contributed by atoms with van der Waals surface area (Å²) in [5.41, 5.74) is 8.29. The van der Waals surface area contributed by atoms with Gasteiger partial charge in [-0.3, -0.25) is 9.59 Å². The van der Waals surface area contributed by atoms with E-state index in [1.54, 1.807) is 0 Å². The molecule has 1 aliphatic heterocycles. The average molecular weight is 442 g/mol.